The van der Waals surface area contributed by atoms with Gasteiger partial charge in [-0.2, -0.15) is 0 Å². The maximum absolute atomic E-state index is 10.8. The molecule has 0 fully saturated rings. The zero-order chi connectivity index (χ0) is 26.3. The van der Waals surface area contributed by atoms with E-state index in [1.807, 2.05) is 60.7 Å². The molecule has 0 aliphatic heterocycles. The number of ether oxygens (including phenoxy) is 1. The van der Waals surface area contributed by atoms with E-state index in [4.69, 9.17) is 30.3 Å². The molecule has 0 spiro atoms. The lowest BCUT2D eigenvalue weighted by Gasteiger charge is -2.12. The average Bonchev–Trinajstić information content (AvgIpc) is 3.67. The minimum atomic E-state index is -0.839. The van der Waals surface area contributed by atoms with Gasteiger partial charge in [-0.15, -0.1) is 0 Å². The Kier molecular flexibility index (Phi) is 7.76. The summed E-state index contributed by atoms with van der Waals surface area (Å²) in [6.45, 7) is 0.295. The molecule has 0 radical (unpaired) electrons. The highest BCUT2D eigenvalue weighted by Crippen LogP contribution is 2.30. The summed E-state index contributed by atoms with van der Waals surface area (Å²) < 4.78 is 17.1. The molecular weight excluding hydrogens is 500 g/mol. The van der Waals surface area contributed by atoms with Crippen LogP contribution in [0.5, 0.6) is 5.75 Å². The minimum Gasteiger partial charge on any atom is -0.488 e. The maximum Gasteiger partial charge on any atom is 0.303 e. The predicted molar refractivity (Wildman–Crippen MR) is 148 cm³/mol. The first-order chi connectivity index (χ1) is 18.6. The lowest BCUT2D eigenvalue weighted by molar-refractivity contribution is -0.136. The van der Waals surface area contributed by atoms with Gasteiger partial charge in [0.15, 0.2) is 0 Å². The van der Waals surface area contributed by atoms with Crippen LogP contribution in [0.2, 0.25) is 5.02 Å². The molecule has 0 aliphatic carbocycles. The first-order valence-corrected chi connectivity index (χ1v) is 12.6. The van der Waals surface area contributed by atoms with Crippen molar-refractivity contribution >= 4 is 23.1 Å². The lowest BCUT2D eigenvalue weighted by atomic mass is 9.95. The Morgan fingerprint density at radius 2 is 1.39 bits per heavy atom. The summed E-state index contributed by atoms with van der Waals surface area (Å²) in [4.78, 5) is 10.8. The molecule has 190 valence electrons. The number of furan rings is 2. The Morgan fingerprint density at radius 3 is 1.87 bits per heavy atom. The largest absolute Gasteiger partial charge is 0.488 e. The Morgan fingerprint density at radius 1 is 0.816 bits per heavy atom. The third-order valence-corrected chi connectivity index (χ3v) is 6.45. The molecule has 2 heterocycles. The number of carboxylic acid groups (broad SMARTS) is 1. The first-order valence-electron chi connectivity index (χ1n) is 12.2. The van der Waals surface area contributed by atoms with E-state index >= 15 is 0 Å². The fourth-order valence-electron chi connectivity index (χ4n) is 4.20. The van der Waals surface area contributed by atoms with Gasteiger partial charge in [0, 0.05) is 17.5 Å². The van der Waals surface area contributed by atoms with Gasteiger partial charge in [-0.05, 0) is 71.2 Å². The third kappa shape index (κ3) is 6.07. The van der Waals surface area contributed by atoms with Crippen molar-refractivity contribution < 1.29 is 23.5 Å². The third-order valence-electron chi connectivity index (χ3n) is 6.15. The van der Waals surface area contributed by atoms with Gasteiger partial charge in [-0.25, -0.2) is 0 Å². The number of hydrogen-bond acceptors (Lipinski definition) is 4. The molecule has 0 bridgehead atoms. The van der Waals surface area contributed by atoms with Crippen LogP contribution in [-0.4, -0.2) is 17.7 Å². The van der Waals surface area contributed by atoms with E-state index in [0.29, 0.717) is 23.8 Å². The molecular formula is C32H25ClO5. The molecule has 1 N–H and O–H groups in total. The summed E-state index contributed by atoms with van der Waals surface area (Å²) in [7, 11) is 0. The molecule has 6 heteroatoms. The standard InChI is InChI=1S/C32H25ClO5/c33-28-21-22(6-16-32(34)35)5-15-31(28)38-20-17-27(23-7-11-25(12-8-23)29-3-1-18-36-29)24-9-13-26(14-10-24)30-4-2-19-37-30/h1-5,7-15,17-19,21H,6,16,20H2,(H,34,35). The molecule has 0 amide bonds. The summed E-state index contributed by atoms with van der Waals surface area (Å²) >= 11 is 6.42. The Bertz CT molecular complexity index is 1430. The summed E-state index contributed by atoms with van der Waals surface area (Å²) in [5, 5.41) is 9.36. The van der Waals surface area contributed by atoms with Crippen molar-refractivity contribution in [2.45, 2.75) is 12.8 Å². The molecule has 0 saturated heterocycles. The van der Waals surface area contributed by atoms with Crippen molar-refractivity contribution in [2.75, 3.05) is 6.61 Å². The second kappa shape index (κ2) is 11.7. The van der Waals surface area contributed by atoms with E-state index < -0.39 is 5.97 Å². The van der Waals surface area contributed by atoms with Crippen molar-refractivity contribution in [3.05, 3.63) is 131 Å². The van der Waals surface area contributed by atoms with Gasteiger partial charge >= 0.3 is 5.97 Å². The molecule has 38 heavy (non-hydrogen) atoms. The average molecular weight is 525 g/mol. The fraction of sp³-hybridized carbons (Fsp3) is 0.0938. The van der Waals surface area contributed by atoms with Gasteiger partial charge < -0.3 is 18.7 Å². The van der Waals surface area contributed by atoms with Gasteiger partial charge in [0.25, 0.3) is 0 Å². The van der Waals surface area contributed by atoms with Crippen molar-refractivity contribution in [2.24, 2.45) is 0 Å². The molecule has 5 nitrogen and oxygen atoms in total. The second-order valence-corrected chi connectivity index (χ2v) is 9.10. The molecule has 0 atom stereocenters. The van der Waals surface area contributed by atoms with Crippen LogP contribution >= 0.6 is 11.6 Å². The number of halogens is 1. The summed E-state index contributed by atoms with van der Waals surface area (Å²) in [6.07, 6.45) is 5.83. The van der Waals surface area contributed by atoms with E-state index in [0.717, 1.165) is 44.9 Å². The van der Waals surface area contributed by atoms with Crippen molar-refractivity contribution in [3.63, 3.8) is 0 Å². The van der Waals surface area contributed by atoms with Gasteiger partial charge in [0.05, 0.1) is 17.5 Å². The van der Waals surface area contributed by atoms with Crippen LogP contribution in [0.4, 0.5) is 0 Å². The number of benzene rings is 3. The fourth-order valence-corrected chi connectivity index (χ4v) is 4.46. The number of aryl methyl sites for hydroxylation is 1. The van der Waals surface area contributed by atoms with Crippen LogP contribution in [0, 0.1) is 0 Å². The highest BCUT2D eigenvalue weighted by Gasteiger charge is 2.10. The summed E-state index contributed by atoms with van der Waals surface area (Å²) in [5.74, 6) is 1.33. The number of carbonyl (C=O) groups is 1. The van der Waals surface area contributed by atoms with E-state index in [1.54, 1.807) is 24.7 Å². The van der Waals surface area contributed by atoms with Crippen molar-refractivity contribution in [1.29, 1.82) is 0 Å². The zero-order valence-electron chi connectivity index (χ0n) is 20.5. The van der Waals surface area contributed by atoms with Crippen molar-refractivity contribution in [3.8, 4) is 28.4 Å². The molecule has 5 aromatic rings. The number of rotatable bonds is 10. The molecule has 5 rings (SSSR count). The summed E-state index contributed by atoms with van der Waals surface area (Å²) in [6, 6.07) is 29.4. The van der Waals surface area contributed by atoms with Gasteiger partial charge in [-0.3, -0.25) is 4.79 Å². The molecule has 3 aromatic carbocycles. The molecule has 0 unspecified atom stereocenters. The number of aliphatic carboxylic acids is 1. The zero-order valence-corrected chi connectivity index (χ0v) is 21.2. The topological polar surface area (TPSA) is 72.8 Å². The number of hydrogen-bond donors (Lipinski definition) is 1. The van der Waals surface area contributed by atoms with Crippen LogP contribution in [-0.2, 0) is 11.2 Å². The number of carboxylic acids is 1. The van der Waals surface area contributed by atoms with Gasteiger partial charge in [0.1, 0.15) is 23.9 Å². The van der Waals surface area contributed by atoms with Crippen LogP contribution in [0.3, 0.4) is 0 Å². The maximum atomic E-state index is 10.8. The summed E-state index contributed by atoms with van der Waals surface area (Å²) in [5.41, 5.74) is 5.93. The van der Waals surface area contributed by atoms with Crippen LogP contribution in [0.15, 0.2) is 118 Å². The van der Waals surface area contributed by atoms with E-state index in [9.17, 15) is 4.79 Å². The normalized spacial score (nSPS) is 10.8. The minimum absolute atomic E-state index is 0.0556. The smallest absolute Gasteiger partial charge is 0.303 e. The Hall–Kier alpha value is -4.48. The van der Waals surface area contributed by atoms with E-state index in [2.05, 4.69) is 24.3 Å². The van der Waals surface area contributed by atoms with E-state index in [-0.39, 0.29) is 6.42 Å². The highest BCUT2D eigenvalue weighted by molar-refractivity contribution is 6.32. The van der Waals surface area contributed by atoms with Crippen LogP contribution in [0.1, 0.15) is 23.1 Å². The van der Waals surface area contributed by atoms with Gasteiger partial charge in [0.2, 0.25) is 0 Å². The molecule has 0 saturated carbocycles. The van der Waals surface area contributed by atoms with Crippen molar-refractivity contribution in [1.82, 2.24) is 0 Å². The van der Waals surface area contributed by atoms with Crippen LogP contribution < -0.4 is 4.74 Å². The second-order valence-electron chi connectivity index (χ2n) is 8.70. The van der Waals surface area contributed by atoms with E-state index in [1.165, 1.54) is 0 Å². The van der Waals surface area contributed by atoms with Crippen LogP contribution in [0.25, 0.3) is 28.2 Å². The molecule has 2 aromatic heterocycles. The SMILES string of the molecule is O=C(O)CCc1ccc(OCC=C(c2ccc(-c3ccco3)cc2)c2ccc(-c3ccco3)cc2)c(Cl)c1. The Labute approximate surface area is 225 Å². The highest BCUT2D eigenvalue weighted by atomic mass is 35.5. The lowest BCUT2D eigenvalue weighted by Crippen LogP contribution is -1.99. The first kappa shape index (κ1) is 25.2. The predicted octanol–water partition coefficient (Wildman–Crippen LogP) is 8.39. The Balaban J connectivity index is 1.39. The monoisotopic (exact) mass is 524 g/mol. The quantitative estimate of drug-likeness (QED) is 0.198. The molecule has 0 aliphatic rings. The van der Waals surface area contributed by atoms with Gasteiger partial charge in [-0.1, -0.05) is 66.2 Å².